The number of aliphatic hydroxyl groups is 1. The third-order valence-electron chi connectivity index (χ3n) is 2.50. The van der Waals surface area contributed by atoms with E-state index in [1.54, 1.807) is 17.2 Å². The lowest BCUT2D eigenvalue weighted by Crippen LogP contribution is -2.09. The van der Waals surface area contributed by atoms with Crippen LogP contribution in [0.5, 0.6) is 0 Å². The van der Waals surface area contributed by atoms with Crippen molar-refractivity contribution in [3.8, 4) is 0 Å². The Hall–Kier alpha value is -1.62. The van der Waals surface area contributed by atoms with Crippen molar-refractivity contribution in [2.75, 3.05) is 0 Å². The highest BCUT2D eigenvalue weighted by Crippen LogP contribution is 2.19. The van der Waals surface area contributed by atoms with Gasteiger partial charge in [-0.3, -0.25) is 4.68 Å². The minimum absolute atomic E-state index is 0.653. The maximum absolute atomic E-state index is 10.2. The number of rotatable bonds is 4. The van der Waals surface area contributed by atoms with Crippen LogP contribution in [0.15, 0.2) is 24.8 Å². The van der Waals surface area contributed by atoms with Crippen LogP contribution in [0, 0.1) is 0 Å². The Kier molecular flexibility index (Phi) is 3.05. The van der Waals surface area contributed by atoms with Crippen LogP contribution in [0.3, 0.4) is 0 Å². The molecule has 0 amide bonds. The molecule has 0 fully saturated rings. The van der Waals surface area contributed by atoms with Gasteiger partial charge in [-0.15, -0.1) is 0 Å². The smallest absolute Gasteiger partial charge is 0.139 e. The summed E-state index contributed by atoms with van der Waals surface area (Å²) in [5.74, 6) is 0. The maximum Gasteiger partial charge on any atom is 0.139 e. The van der Waals surface area contributed by atoms with E-state index < -0.39 is 6.10 Å². The molecule has 5 heteroatoms. The quantitative estimate of drug-likeness (QED) is 0.839. The highest BCUT2D eigenvalue weighted by atomic mass is 16.3. The average molecular weight is 220 g/mol. The van der Waals surface area contributed by atoms with Gasteiger partial charge in [0.1, 0.15) is 6.10 Å². The third-order valence-corrected chi connectivity index (χ3v) is 2.50. The average Bonchev–Trinajstić information content (AvgIpc) is 2.87. The van der Waals surface area contributed by atoms with E-state index >= 15 is 0 Å². The van der Waals surface area contributed by atoms with E-state index in [4.69, 9.17) is 0 Å². The summed E-state index contributed by atoms with van der Waals surface area (Å²) in [7, 11) is 1.83. The molecular formula is C11H16N4O. The zero-order valence-corrected chi connectivity index (χ0v) is 9.54. The fourth-order valence-electron chi connectivity index (χ4n) is 1.72. The van der Waals surface area contributed by atoms with Gasteiger partial charge < -0.3 is 9.67 Å². The molecule has 0 saturated carbocycles. The first-order valence-electron chi connectivity index (χ1n) is 5.40. The Balaban J connectivity index is 2.26. The van der Waals surface area contributed by atoms with Gasteiger partial charge in [0, 0.05) is 19.8 Å². The molecule has 0 spiro atoms. The monoisotopic (exact) mass is 220 g/mol. The Morgan fingerprint density at radius 3 is 2.94 bits per heavy atom. The van der Waals surface area contributed by atoms with Gasteiger partial charge in [-0.1, -0.05) is 6.92 Å². The van der Waals surface area contributed by atoms with Crippen LogP contribution in [0.4, 0.5) is 0 Å². The normalized spacial score (nSPS) is 12.9. The van der Waals surface area contributed by atoms with Crippen LogP contribution in [0.25, 0.3) is 0 Å². The number of nitrogens with zero attached hydrogens (tertiary/aromatic N) is 4. The van der Waals surface area contributed by atoms with Gasteiger partial charge >= 0.3 is 0 Å². The van der Waals surface area contributed by atoms with Gasteiger partial charge in [0.15, 0.2) is 0 Å². The van der Waals surface area contributed by atoms with Crippen molar-refractivity contribution in [3.63, 3.8) is 0 Å². The molecule has 0 aliphatic carbocycles. The number of aliphatic hydroxyl groups excluding tert-OH is 1. The SMILES string of the molecule is CCCn1cncc1C(O)c1ccn(C)n1. The Labute approximate surface area is 94.4 Å². The first-order chi connectivity index (χ1) is 7.72. The van der Waals surface area contributed by atoms with Crippen molar-refractivity contribution >= 4 is 0 Å². The van der Waals surface area contributed by atoms with E-state index in [1.807, 2.05) is 23.9 Å². The van der Waals surface area contributed by atoms with Crippen LogP contribution >= 0.6 is 0 Å². The van der Waals surface area contributed by atoms with Crippen LogP contribution in [-0.4, -0.2) is 24.4 Å². The molecule has 2 aromatic heterocycles. The first-order valence-corrected chi connectivity index (χ1v) is 5.40. The molecule has 0 aliphatic heterocycles. The molecule has 0 bridgehead atoms. The van der Waals surface area contributed by atoms with Gasteiger partial charge in [-0.2, -0.15) is 5.10 Å². The summed E-state index contributed by atoms with van der Waals surface area (Å²) in [5, 5.41) is 14.4. The van der Waals surface area contributed by atoms with Gasteiger partial charge in [-0.25, -0.2) is 4.98 Å². The van der Waals surface area contributed by atoms with Gasteiger partial charge in [0.05, 0.1) is 23.9 Å². The first kappa shape index (κ1) is 10.9. The van der Waals surface area contributed by atoms with E-state index in [1.165, 1.54) is 0 Å². The lowest BCUT2D eigenvalue weighted by molar-refractivity contribution is 0.204. The summed E-state index contributed by atoms with van der Waals surface area (Å²) in [6.07, 6.45) is 5.56. The molecular weight excluding hydrogens is 204 g/mol. The van der Waals surface area contributed by atoms with Gasteiger partial charge in [-0.05, 0) is 12.5 Å². The van der Waals surface area contributed by atoms with Crippen LogP contribution in [0.2, 0.25) is 0 Å². The molecule has 1 N–H and O–H groups in total. The number of hydrogen-bond donors (Lipinski definition) is 1. The Morgan fingerprint density at radius 1 is 1.50 bits per heavy atom. The lowest BCUT2D eigenvalue weighted by Gasteiger charge is -2.11. The second-order valence-corrected chi connectivity index (χ2v) is 3.83. The van der Waals surface area contributed by atoms with E-state index in [0.717, 1.165) is 18.7 Å². The fraction of sp³-hybridized carbons (Fsp3) is 0.455. The summed E-state index contributed by atoms with van der Waals surface area (Å²) in [6, 6.07) is 1.81. The standard InChI is InChI=1S/C11H16N4O/c1-3-5-15-8-12-7-10(15)11(16)9-4-6-14(2)13-9/h4,6-8,11,16H,3,5H2,1-2H3. The zero-order chi connectivity index (χ0) is 11.5. The molecule has 0 aliphatic rings. The second-order valence-electron chi connectivity index (χ2n) is 3.83. The molecule has 2 aromatic rings. The van der Waals surface area contributed by atoms with Crippen LogP contribution < -0.4 is 0 Å². The van der Waals surface area contributed by atoms with Crippen molar-refractivity contribution in [1.82, 2.24) is 19.3 Å². The van der Waals surface area contributed by atoms with E-state index in [9.17, 15) is 5.11 Å². The summed E-state index contributed by atoms with van der Waals surface area (Å²) < 4.78 is 3.64. The fourth-order valence-corrected chi connectivity index (χ4v) is 1.72. The molecule has 2 heterocycles. The number of aromatic nitrogens is 4. The lowest BCUT2D eigenvalue weighted by atomic mass is 10.2. The number of imidazole rings is 1. The van der Waals surface area contributed by atoms with Gasteiger partial charge in [0.25, 0.3) is 0 Å². The van der Waals surface area contributed by atoms with Crippen LogP contribution in [0.1, 0.15) is 30.8 Å². The zero-order valence-electron chi connectivity index (χ0n) is 9.54. The minimum atomic E-state index is -0.699. The van der Waals surface area contributed by atoms with E-state index in [2.05, 4.69) is 17.0 Å². The molecule has 1 unspecified atom stereocenters. The summed E-state index contributed by atoms with van der Waals surface area (Å²) in [4.78, 5) is 4.06. The van der Waals surface area contributed by atoms with Crippen molar-refractivity contribution in [3.05, 3.63) is 36.2 Å². The van der Waals surface area contributed by atoms with E-state index in [0.29, 0.717) is 5.69 Å². The molecule has 0 radical (unpaired) electrons. The molecule has 16 heavy (non-hydrogen) atoms. The van der Waals surface area contributed by atoms with Crippen molar-refractivity contribution in [2.45, 2.75) is 26.0 Å². The third kappa shape index (κ3) is 1.99. The molecule has 86 valence electrons. The number of aryl methyl sites for hydroxylation is 2. The minimum Gasteiger partial charge on any atom is -0.380 e. The number of hydrogen-bond acceptors (Lipinski definition) is 3. The Morgan fingerprint density at radius 2 is 2.31 bits per heavy atom. The summed E-state index contributed by atoms with van der Waals surface area (Å²) in [5.41, 5.74) is 1.45. The molecule has 1 atom stereocenters. The molecule has 0 aromatic carbocycles. The highest BCUT2D eigenvalue weighted by Gasteiger charge is 2.16. The topological polar surface area (TPSA) is 55.9 Å². The van der Waals surface area contributed by atoms with Crippen molar-refractivity contribution in [1.29, 1.82) is 0 Å². The summed E-state index contributed by atoms with van der Waals surface area (Å²) >= 11 is 0. The largest absolute Gasteiger partial charge is 0.380 e. The van der Waals surface area contributed by atoms with Crippen molar-refractivity contribution in [2.24, 2.45) is 7.05 Å². The molecule has 0 saturated heterocycles. The highest BCUT2D eigenvalue weighted by molar-refractivity contribution is 5.16. The van der Waals surface area contributed by atoms with Crippen molar-refractivity contribution < 1.29 is 5.11 Å². The predicted octanol–water partition coefficient (Wildman–Crippen LogP) is 1.11. The van der Waals surface area contributed by atoms with Gasteiger partial charge in [0.2, 0.25) is 0 Å². The molecule has 5 nitrogen and oxygen atoms in total. The maximum atomic E-state index is 10.2. The molecule has 2 rings (SSSR count). The van der Waals surface area contributed by atoms with Crippen LogP contribution in [-0.2, 0) is 13.6 Å². The van der Waals surface area contributed by atoms with E-state index in [-0.39, 0.29) is 0 Å². The summed E-state index contributed by atoms with van der Waals surface area (Å²) in [6.45, 7) is 2.95. The predicted molar refractivity (Wildman–Crippen MR) is 59.8 cm³/mol. The Bertz CT molecular complexity index is 460. The second kappa shape index (κ2) is 4.49.